The van der Waals surface area contributed by atoms with E-state index in [-0.39, 0.29) is 23.8 Å². The molecule has 1 amide bonds. The first-order valence-electron chi connectivity index (χ1n) is 5.94. The Labute approximate surface area is 103 Å². The number of hydrogen-bond acceptors (Lipinski definition) is 3. The van der Waals surface area contributed by atoms with Crippen LogP contribution in [0.4, 0.5) is 0 Å². The maximum Gasteiger partial charge on any atom is 0.326 e. The van der Waals surface area contributed by atoms with E-state index in [9.17, 15) is 9.59 Å². The zero-order chi connectivity index (χ0) is 13.6. The van der Waals surface area contributed by atoms with E-state index in [2.05, 4.69) is 5.32 Å². The number of carboxylic acids is 1. The molecule has 0 aromatic heterocycles. The maximum atomic E-state index is 11.9. The Balaban J connectivity index is 4.50. The lowest BCUT2D eigenvalue weighted by Gasteiger charge is -2.25. The van der Waals surface area contributed by atoms with E-state index in [0.29, 0.717) is 12.8 Å². The third-order valence-corrected chi connectivity index (χ3v) is 2.54. The molecule has 0 saturated heterocycles. The number of nitrogens with two attached hydrogens (primary N) is 1. The fraction of sp³-hybridized carbons (Fsp3) is 0.833. The van der Waals surface area contributed by atoms with Crippen LogP contribution in [0.5, 0.6) is 0 Å². The summed E-state index contributed by atoms with van der Waals surface area (Å²) in [5, 5.41) is 11.4. The summed E-state index contributed by atoms with van der Waals surface area (Å²) in [6.07, 6.45) is 1.01. The molecule has 5 nitrogen and oxygen atoms in total. The zero-order valence-electron chi connectivity index (χ0n) is 11.1. The Morgan fingerprint density at radius 1 is 1.35 bits per heavy atom. The van der Waals surface area contributed by atoms with Crippen LogP contribution in [0.3, 0.4) is 0 Å². The Bertz CT molecular complexity index is 271. The van der Waals surface area contributed by atoms with Gasteiger partial charge in [0, 0.05) is 6.54 Å². The second-order valence-corrected chi connectivity index (χ2v) is 5.51. The molecule has 5 heteroatoms. The molecule has 0 heterocycles. The van der Waals surface area contributed by atoms with Gasteiger partial charge in [-0.2, -0.15) is 0 Å². The molecule has 4 N–H and O–H groups in total. The molecule has 0 aliphatic rings. The Hall–Kier alpha value is -1.10. The molecule has 0 radical (unpaired) electrons. The van der Waals surface area contributed by atoms with Crippen molar-refractivity contribution < 1.29 is 14.7 Å². The topological polar surface area (TPSA) is 92.4 Å². The number of amides is 1. The first kappa shape index (κ1) is 15.9. The van der Waals surface area contributed by atoms with Gasteiger partial charge >= 0.3 is 5.97 Å². The van der Waals surface area contributed by atoms with Crippen molar-refractivity contribution in [3.05, 3.63) is 0 Å². The summed E-state index contributed by atoms with van der Waals surface area (Å²) in [4.78, 5) is 22.7. The smallest absolute Gasteiger partial charge is 0.326 e. The summed E-state index contributed by atoms with van der Waals surface area (Å²) in [5.41, 5.74) is 5.56. The van der Waals surface area contributed by atoms with Crippen molar-refractivity contribution in [3.8, 4) is 0 Å². The molecular weight excluding hydrogens is 220 g/mol. The lowest BCUT2D eigenvalue weighted by atomic mass is 9.84. The van der Waals surface area contributed by atoms with E-state index in [1.54, 1.807) is 6.92 Å². The van der Waals surface area contributed by atoms with E-state index in [4.69, 9.17) is 10.8 Å². The second kappa shape index (κ2) is 6.59. The van der Waals surface area contributed by atoms with Gasteiger partial charge in [-0.25, -0.2) is 4.79 Å². The number of carbonyl (C=O) groups excluding carboxylic acids is 1. The lowest BCUT2D eigenvalue weighted by Crippen LogP contribution is -2.45. The highest BCUT2D eigenvalue weighted by Crippen LogP contribution is 2.24. The van der Waals surface area contributed by atoms with Gasteiger partial charge < -0.3 is 16.2 Å². The normalized spacial score (nSPS) is 15.1. The molecule has 100 valence electrons. The third kappa shape index (κ3) is 6.26. The first-order valence-corrected chi connectivity index (χ1v) is 5.94. The van der Waals surface area contributed by atoms with Crippen molar-refractivity contribution in [1.82, 2.24) is 5.32 Å². The minimum atomic E-state index is -1.01. The monoisotopic (exact) mass is 244 g/mol. The van der Waals surface area contributed by atoms with Crippen molar-refractivity contribution in [2.75, 3.05) is 6.54 Å². The predicted octanol–water partition coefficient (Wildman–Crippen LogP) is 0.977. The van der Waals surface area contributed by atoms with Gasteiger partial charge in [-0.05, 0) is 18.3 Å². The molecule has 0 bridgehead atoms. The maximum absolute atomic E-state index is 11.9. The summed E-state index contributed by atoms with van der Waals surface area (Å²) in [6.45, 7) is 8.03. The molecule has 0 aliphatic heterocycles. The number of carbonyl (C=O) groups is 2. The van der Waals surface area contributed by atoms with E-state index >= 15 is 0 Å². The van der Waals surface area contributed by atoms with E-state index < -0.39 is 12.0 Å². The van der Waals surface area contributed by atoms with Gasteiger partial charge in [0.05, 0.1) is 5.92 Å². The van der Waals surface area contributed by atoms with Gasteiger partial charge in [0.15, 0.2) is 0 Å². The first-order chi connectivity index (χ1) is 7.71. The highest BCUT2D eigenvalue weighted by Gasteiger charge is 2.26. The molecule has 0 aromatic rings. The Kier molecular flexibility index (Phi) is 6.16. The van der Waals surface area contributed by atoms with Crippen LogP contribution in [-0.2, 0) is 9.59 Å². The van der Waals surface area contributed by atoms with Crippen molar-refractivity contribution in [1.29, 1.82) is 0 Å². The molecule has 0 aliphatic carbocycles. The Morgan fingerprint density at radius 2 is 1.88 bits per heavy atom. The van der Waals surface area contributed by atoms with Crippen LogP contribution >= 0.6 is 0 Å². The van der Waals surface area contributed by atoms with Crippen LogP contribution in [0.2, 0.25) is 0 Å². The van der Waals surface area contributed by atoms with Gasteiger partial charge in [0.1, 0.15) is 6.04 Å². The van der Waals surface area contributed by atoms with Gasteiger partial charge in [0.25, 0.3) is 0 Å². The van der Waals surface area contributed by atoms with Crippen LogP contribution in [0, 0.1) is 11.3 Å². The van der Waals surface area contributed by atoms with E-state index in [1.807, 2.05) is 20.8 Å². The van der Waals surface area contributed by atoms with Crippen LogP contribution in [0.25, 0.3) is 0 Å². The zero-order valence-corrected chi connectivity index (χ0v) is 11.1. The standard InChI is InChI=1S/C12H24N2O3/c1-5-9(11(16)17)14-10(15)8(7-13)6-12(2,3)4/h8-9H,5-7,13H2,1-4H3,(H,14,15)(H,16,17)/t8?,9-/m1/s1. The fourth-order valence-corrected chi connectivity index (χ4v) is 1.65. The van der Waals surface area contributed by atoms with Gasteiger partial charge in [-0.1, -0.05) is 27.7 Å². The quantitative estimate of drug-likeness (QED) is 0.649. The fourth-order valence-electron chi connectivity index (χ4n) is 1.65. The highest BCUT2D eigenvalue weighted by molar-refractivity contribution is 5.85. The molecule has 0 spiro atoms. The van der Waals surface area contributed by atoms with Crippen molar-refractivity contribution in [2.24, 2.45) is 17.1 Å². The highest BCUT2D eigenvalue weighted by atomic mass is 16.4. The van der Waals surface area contributed by atoms with Gasteiger partial charge in [0.2, 0.25) is 5.91 Å². The Morgan fingerprint density at radius 3 is 2.18 bits per heavy atom. The summed E-state index contributed by atoms with van der Waals surface area (Å²) in [7, 11) is 0. The minimum absolute atomic E-state index is 0.00763. The number of aliphatic carboxylic acids is 1. The van der Waals surface area contributed by atoms with E-state index in [0.717, 1.165) is 0 Å². The summed E-state index contributed by atoms with van der Waals surface area (Å²) in [5.74, 6) is -1.60. The van der Waals surface area contributed by atoms with Gasteiger partial charge in [-0.15, -0.1) is 0 Å². The summed E-state index contributed by atoms with van der Waals surface area (Å²) in [6, 6.07) is -0.823. The molecule has 1 unspecified atom stereocenters. The van der Waals surface area contributed by atoms with Crippen molar-refractivity contribution in [2.45, 2.75) is 46.6 Å². The second-order valence-electron chi connectivity index (χ2n) is 5.51. The molecule has 0 saturated carbocycles. The summed E-state index contributed by atoms with van der Waals surface area (Å²) >= 11 is 0. The predicted molar refractivity (Wildman–Crippen MR) is 66.5 cm³/mol. The van der Waals surface area contributed by atoms with E-state index in [1.165, 1.54) is 0 Å². The van der Waals surface area contributed by atoms with Crippen molar-refractivity contribution >= 4 is 11.9 Å². The largest absolute Gasteiger partial charge is 0.480 e. The van der Waals surface area contributed by atoms with Crippen LogP contribution in [-0.4, -0.2) is 29.6 Å². The third-order valence-electron chi connectivity index (χ3n) is 2.54. The van der Waals surface area contributed by atoms with Crippen molar-refractivity contribution in [3.63, 3.8) is 0 Å². The lowest BCUT2D eigenvalue weighted by molar-refractivity contribution is -0.142. The van der Waals surface area contributed by atoms with Crippen LogP contribution in [0.1, 0.15) is 40.5 Å². The summed E-state index contributed by atoms with van der Waals surface area (Å²) < 4.78 is 0. The number of hydrogen-bond donors (Lipinski definition) is 3. The molecule has 17 heavy (non-hydrogen) atoms. The van der Waals surface area contributed by atoms with Crippen LogP contribution in [0.15, 0.2) is 0 Å². The van der Waals surface area contributed by atoms with Crippen LogP contribution < -0.4 is 11.1 Å². The molecule has 2 atom stereocenters. The molecule has 0 fully saturated rings. The molecule has 0 aromatic carbocycles. The minimum Gasteiger partial charge on any atom is -0.480 e. The molecular formula is C12H24N2O3. The van der Waals surface area contributed by atoms with Gasteiger partial charge in [-0.3, -0.25) is 4.79 Å². The number of carboxylic acid groups (broad SMARTS) is 1. The molecule has 0 rings (SSSR count). The SMILES string of the molecule is CC[C@@H](NC(=O)C(CN)CC(C)(C)C)C(=O)O. The number of nitrogens with one attached hydrogen (secondary N) is 1. The number of rotatable bonds is 6. The average molecular weight is 244 g/mol. The average Bonchev–Trinajstić information content (AvgIpc) is 2.20.